The van der Waals surface area contributed by atoms with Crippen LogP contribution in [0.5, 0.6) is 0 Å². The van der Waals surface area contributed by atoms with Gasteiger partial charge in [-0.05, 0) is 49.4 Å². The average Bonchev–Trinajstić information content (AvgIpc) is 3.07. The number of hydrogen-bond acceptors (Lipinski definition) is 2. The van der Waals surface area contributed by atoms with E-state index >= 15 is 0 Å². The first-order chi connectivity index (χ1) is 11.8. The second-order valence-electron chi connectivity index (χ2n) is 9.09. The van der Waals surface area contributed by atoms with Crippen molar-refractivity contribution in [1.29, 1.82) is 0 Å². The van der Waals surface area contributed by atoms with Crippen LogP contribution in [-0.4, -0.2) is 54.0 Å². The van der Waals surface area contributed by atoms with Gasteiger partial charge in [-0.1, -0.05) is 32.0 Å². The van der Waals surface area contributed by atoms with Crippen LogP contribution in [0.2, 0.25) is 0 Å². The molecule has 2 heterocycles. The fourth-order valence-electron chi connectivity index (χ4n) is 5.68. The number of aromatic nitrogens is 1. The number of likely N-dealkylation sites (tertiary alicyclic amines) is 1. The van der Waals surface area contributed by atoms with E-state index in [1.165, 1.54) is 11.8 Å². The van der Waals surface area contributed by atoms with Crippen LogP contribution < -0.4 is 0 Å². The van der Waals surface area contributed by atoms with E-state index in [0.717, 1.165) is 25.2 Å². The summed E-state index contributed by atoms with van der Waals surface area (Å²) >= 11 is 0. The fourth-order valence-corrected chi connectivity index (χ4v) is 5.68. The Hall–Kier alpha value is -1.81. The van der Waals surface area contributed by atoms with Crippen molar-refractivity contribution in [3.8, 4) is 0 Å². The van der Waals surface area contributed by atoms with E-state index in [-0.39, 0.29) is 5.91 Å². The Morgan fingerprint density at radius 1 is 1.24 bits per heavy atom. The van der Waals surface area contributed by atoms with E-state index in [9.17, 15) is 4.79 Å². The van der Waals surface area contributed by atoms with E-state index < -0.39 is 0 Å². The highest BCUT2D eigenvalue weighted by Gasteiger charge is 2.63. The molecule has 2 aromatic rings. The predicted octanol–water partition coefficient (Wildman–Crippen LogP) is 3.08. The van der Waals surface area contributed by atoms with Crippen molar-refractivity contribution in [2.45, 2.75) is 26.8 Å². The summed E-state index contributed by atoms with van der Waals surface area (Å²) < 4.78 is 2.08. The van der Waals surface area contributed by atoms with Crippen LogP contribution in [-0.2, 0) is 11.3 Å². The van der Waals surface area contributed by atoms with Gasteiger partial charge in [-0.3, -0.25) is 4.79 Å². The molecule has 2 fully saturated rings. The molecule has 4 heteroatoms. The SMILES string of the molecule is CN(C)C[C@@]12CN(C(=O)Cn3ccc4ccccc43)C[C@@H]1C(C)(C)C2. The molecule has 4 rings (SSSR count). The molecule has 4 nitrogen and oxygen atoms in total. The lowest BCUT2D eigenvalue weighted by atomic mass is 9.48. The van der Waals surface area contributed by atoms with Gasteiger partial charge < -0.3 is 14.4 Å². The van der Waals surface area contributed by atoms with Gasteiger partial charge in [-0.15, -0.1) is 0 Å². The molecule has 0 N–H and O–H groups in total. The molecule has 1 amide bonds. The van der Waals surface area contributed by atoms with Gasteiger partial charge in [0.15, 0.2) is 0 Å². The van der Waals surface area contributed by atoms with Crippen LogP contribution in [0.15, 0.2) is 36.5 Å². The topological polar surface area (TPSA) is 28.5 Å². The number of carbonyl (C=O) groups excluding carboxylic acids is 1. The molecule has 1 saturated heterocycles. The van der Waals surface area contributed by atoms with E-state index in [0.29, 0.717) is 23.3 Å². The zero-order chi connectivity index (χ0) is 17.8. The lowest BCUT2D eigenvalue weighted by molar-refractivity contribution is -0.131. The summed E-state index contributed by atoms with van der Waals surface area (Å²) in [6.45, 7) is 8.07. The van der Waals surface area contributed by atoms with Crippen molar-refractivity contribution in [2.24, 2.45) is 16.7 Å². The van der Waals surface area contributed by atoms with Crippen molar-refractivity contribution in [3.63, 3.8) is 0 Å². The third kappa shape index (κ3) is 2.67. The van der Waals surface area contributed by atoms with Crippen molar-refractivity contribution >= 4 is 16.8 Å². The minimum absolute atomic E-state index is 0.254. The van der Waals surface area contributed by atoms with Gasteiger partial charge in [0.2, 0.25) is 5.91 Å². The largest absolute Gasteiger partial charge is 0.340 e. The highest BCUT2D eigenvalue weighted by atomic mass is 16.2. The Balaban J connectivity index is 1.52. The lowest BCUT2D eigenvalue weighted by Crippen LogP contribution is -2.57. The van der Waals surface area contributed by atoms with Gasteiger partial charge in [-0.25, -0.2) is 0 Å². The number of amides is 1. The third-order valence-electron chi connectivity index (χ3n) is 6.37. The maximum Gasteiger partial charge on any atom is 0.242 e. The summed E-state index contributed by atoms with van der Waals surface area (Å²) in [4.78, 5) is 17.4. The molecule has 0 spiro atoms. The Bertz CT molecular complexity index is 802. The summed E-state index contributed by atoms with van der Waals surface area (Å²) in [5, 5.41) is 1.20. The van der Waals surface area contributed by atoms with E-state index in [1.54, 1.807) is 0 Å². The number of benzene rings is 1. The molecule has 1 saturated carbocycles. The second kappa shape index (κ2) is 5.60. The number of para-hydroxylation sites is 1. The summed E-state index contributed by atoms with van der Waals surface area (Å²) in [5.74, 6) is 0.873. The quantitative estimate of drug-likeness (QED) is 0.856. The van der Waals surface area contributed by atoms with Crippen LogP contribution in [0, 0.1) is 16.7 Å². The van der Waals surface area contributed by atoms with Crippen molar-refractivity contribution < 1.29 is 4.79 Å². The van der Waals surface area contributed by atoms with Gasteiger partial charge in [-0.2, -0.15) is 0 Å². The molecular weight excluding hydrogens is 310 g/mol. The Morgan fingerprint density at radius 2 is 2.00 bits per heavy atom. The molecule has 0 bridgehead atoms. The Morgan fingerprint density at radius 3 is 2.72 bits per heavy atom. The zero-order valence-electron chi connectivity index (χ0n) is 15.8. The molecule has 25 heavy (non-hydrogen) atoms. The van der Waals surface area contributed by atoms with Gasteiger partial charge >= 0.3 is 0 Å². The molecule has 0 radical (unpaired) electrons. The molecule has 0 unspecified atom stereocenters. The molecule has 1 aliphatic carbocycles. The second-order valence-corrected chi connectivity index (χ2v) is 9.09. The number of nitrogens with zero attached hydrogens (tertiary/aromatic N) is 3. The molecule has 2 aliphatic rings. The van der Waals surface area contributed by atoms with Crippen molar-refractivity contribution in [3.05, 3.63) is 36.5 Å². The van der Waals surface area contributed by atoms with Gasteiger partial charge in [0.25, 0.3) is 0 Å². The van der Waals surface area contributed by atoms with Crippen molar-refractivity contribution in [1.82, 2.24) is 14.4 Å². The van der Waals surface area contributed by atoms with Crippen LogP contribution in [0.25, 0.3) is 10.9 Å². The normalized spacial score (nSPS) is 27.6. The van der Waals surface area contributed by atoms with E-state index in [4.69, 9.17) is 0 Å². The average molecular weight is 339 g/mol. The molecule has 1 aromatic carbocycles. The van der Waals surface area contributed by atoms with Crippen LogP contribution in [0.3, 0.4) is 0 Å². The third-order valence-corrected chi connectivity index (χ3v) is 6.37. The molecule has 134 valence electrons. The smallest absolute Gasteiger partial charge is 0.242 e. The lowest BCUT2D eigenvalue weighted by Gasteiger charge is -2.57. The van der Waals surface area contributed by atoms with Gasteiger partial charge in [0.1, 0.15) is 6.54 Å². The summed E-state index contributed by atoms with van der Waals surface area (Å²) in [5.41, 5.74) is 1.79. The summed E-state index contributed by atoms with van der Waals surface area (Å²) in [6, 6.07) is 10.4. The number of hydrogen-bond donors (Lipinski definition) is 0. The van der Waals surface area contributed by atoms with Crippen molar-refractivity contribution in [2.75, 3.05) is 33.7 Å². The number of carbonyl (C=O) groups is 1. The van der Waals surface area contributed by atoms with Crippen LogP contribution in [0.1, 0.15) is 20.3 Å². The monoisotopic (exact) mass is 339 g/mol. The maximum atomic E-state index is 13.0. The standard InChI is InChI=1S/C21H29N3O/c1-20(2)13-21(14-22(3)4)15-24(11-18(20)21)19(25)12-23-10-9-16-7-5-6-8-17(16)23/h5-10,18H,11-15H2,1-4H3/t18-,21+/m1/s1. The predicted molar refractivity (Wildman–Crippen MR) is 101 cm³/mol. The fraction of sp³-hybridized carbons (Fsp3) is 0.571. The molecule has 2 atom stereocenters. The minimum atomic E-state index is 0.254. The molecular formula is C21H29N3O. The highest BCUT2D eigenvalue weighted by molar-refractivity contribution is 5.83. The molecule has 1 aromatic heterocycles. The zero-order valence-corrected chi connectivity index (χ0v) is 15.8. The minimum Gasteiger partial charge on any atom is -0.340 e. The van der Waals surface area contributed by atoms with E-state index in [2.05, 4.69) is 60.5 Å². The summed E-state index contributed by atoms with van der Waals surface area (Å²) in [7, 11) is 4.29. The highest BCUT2D eigenvalue weighted by Crippen LogP contribution is 2.62. The first kappa shape index (κ1) is 16.6. The maximum absolute atomic E-state index is 13.0. The Kier molecular flexibility index (Phi) is 3.73. The number of fused-ring (bicyclic) bond motifs is 2. The molecule has 1 aliphatic heterocycles. The Labute approximate surface area is 150 Å². The van der Waals surface area contributed by atoms with Gasteiger partial charge in [0.05, 0.1) is 0 Å². The van der Waals surface area contributed by atoms with Crippen LogP contribution >= 0.6 is 0 Å². The first-order valence-corrected chi connectivity index (χ1v) is 9.27. The van der Waals surface area contributed by atoms with Gasteiger partial charge in [0, 0.05) is 36.8 Å². The van der Waals surface area contributed by atoms with Crippen LogP contribution in [0.4, 0.5) is 0 Å². The summed E-state index contributed by atoms with van der Waals surface area (Å²) in [6.07, 6.45) is 3.26. The first-order valence-electron chi connectivity index (χ1n) is 9.27. The number of rotatable bonds is 4. The van der Waals surface area contributed by atoms with E-state index in [1.807, 2.05) is 18.3 Å².